The van der Waals surface area contributed by atoms with E-state index in [9.17, 15) is 14.7 Å². The van der Waals surface area contributed by atoms with Crippen molar-refractivity contribution < 1.29 is 19.4 Å². The van der Waals surface area contributed by atoms with Gasteiger partial charge in [-0.1, -0.05) is 54.6 Å². The topological polar surface area (TPSA) is 75.6 Å². The van der Waals surface area contributed by atoms with E-state index in [2.05, 4.69) is 11.4 Å². The van der Waals surface area contributed by atoms with Gasteiger partial charge < -0.3 is 15.2 Å². The van der Waals surface area contributed by atoms with Gasteiger partial charge in [-0.25, -0.2) is 4.79 Å². The largest absolute Gasteiger partial charge is 0.508 e. The van der Waals surface area contributed by atoms with E-state index < -0.39 is 17.9 Å². The molecule has 0 spiro atoms. The van der Waals surface area contributed by atoms with Crippen LogP contribution in [0.1, 0.15) is 15.9 Å². The van der Waals surface area contributed by atoms with Gasteiger partial charge in [0, 0.05) is 12.0 Å². The van der Waals surface area contributed by atoms with Crippen LogP contribution in [0.15, 0.2) is 78.9 Å². The summed E-state index contributed by atoms with van der Waals surface area (Å²) in [5, 5.41) is 16.6. The van der Waals surface area contributed by atoms with E-state index in [0.717, 1.165) is 27.1 Å². The van der Waals surface area contributed by atoms with E-state index in [-0.39, 0.29) is 17.7 Å². The summed E-state index contributed by atoms with van der Waals surface area (Å²) in [5.74, 6) is -0.997. The second-order valence-corrected chi connectivity index (χ2v) is 7.10. The van der Waals surface area contributed by atoms with Crippen molar-refractivity contribution in [3.63, 3.8) is 0 Å². The number of hydrogen-bond acceptors (Lipinski definition) is 4. The van der Waals surface area contributed by atoms with Crippen LogP contribution in [0.5, 0.6) is 5.75 Å². The number of methoxy groups -OCH3 is 1. The van der Waals surface area contributed by atoms with Crippen molar-refractivity contribution in [3.05, 3.63) is 90.0 Å². The molecule has 0 fully saturated rings. The lowest BCUT2D eigenvalue weighted by Crippen LogP contribution is -2.43. The van der Waals surface area contributed by atoms with E-state index in [1.165, 1.54) is 19.2 Å². The molecule has 0 unspecified atom stereocenters. The number of aromatic hydroxyl groups is 1. The fraction of sp³-hybridized carbons (Fsp3) is 0.120. The number of amides is 1. The van der Waals surface area contributed by atoms with Gasteiger partial charge in [0.1, 0.15) is 11.8 Å². The standard InChI is InChI=1S/C25H21NO4/c1-30-25(29)23(26-24(28)18-9-6-10-19(27)14-18)15-22-20-11-4-2-7-16(20)13-17-8-3-5-12-21(17)22/h2-14,23,27H,15H2,1H3,(H,26,28)/t23-/m0/s1. The number of nitrogens with one attached hydrogen (secondary N) is 1. The highest BCUT2D eigenvalue weighted by molar-refractivity contribution is 6.03. The number of phenolic OH excluding ortho intramolecular Hbond substituents is 1. The molecule has 0 aromatic heterocycles. The fourth-order valence-corrected chi connectivity index (χ4v) is 3.76. The number of ether oxygens (including phenoxy) is 1. The lowest BCUT2D eigenvalue weighted by molar-refractivity contribution is -0.142. The molecule has 30 heavy (non-hydrogen) atoms. The van der Waals surface area contributed by atoms with Gasteiger partial charge in [-0.2, -0.15) is 0 Å². The molecule has 0 saturated heterocycles. The number of esters is 1. The Kier molecular flexibility index (Phi) is 5.35. The number of fused-ring (bicyclic) bond motifs is 2. The molecule has 1 atom stereocenters. The maximum atomic E-state index is 12.7. The first-order valence-electron chi connectivity index (χ1n) is 9.64. The second-order valence-electron chi connectivity index (χ2n) is 7.10. The first kappa shape index (κ1) is 19.5. The van der Waals surface area contributed by atoms with Gasteiger partial charge in [0.15, 0.2) is 0 Å². The third kappa shape index (κ3) is 3.82. The van der Waals surface area contributed by atoms with E-state index in [1.54, 1.807) is 12.1 Å². The molecular formula is C25H21NO4. The number of hydrogen-bond donors (Lipinski definition) is 2. The molecule has 0 aliphatic carbocycles. The number of carbonyl (C=O) groups is 2. The summed E-state index contributed by atoms with van der Waals surface area (Å²) in [6.07, 6.45) is 0.277. The minimum absolute atomic E-state index is 0.0164. The Hall–Kier alpha value is -3.86. The van der Waals surface area contributed by atoms with E-state index >= 15 is 0 Å². The zero-order chi connectivity index (χ0) is 21.1. The summed E-state index contributed by atoms with van der Waals surface area (Å²) in [6, 6.07) is 23.2. The molecule has 150 valence electrons. The van der Waals surface area contributed by atoms with Gasteiger partial charge in [0.05, 0.1) is 7.11 Å². The average molecular weight is 399 g/mol. The molecule has 5 heteroatoms. The maximum Gasteiger partial charge on any atom is 0.328 e. The Morgan fingerprint density at radius 3 is 2.13 bits per heavy atom. The Morgan fingerprint density at radius 1 is 0.900 bits per heavy atom. The molecule has 0 aliphatic heterocycles. The van der Waals surface area contributed by atoms with Crippen molar-refractivity contribution in [1.82, 2.24) is 5.32 Å². The quantitative estimate of drug-likeness (QED) is 0.389. The molecule has 4 rings (SSSR count). The molecule has 4 aromatic rings. The number of rotatable bonds is 5. The van der Waals surface area contributed by atoms with Gasteiger partial charge in [-0.3, -0.25) is 4.79 Å². The maximum absolute atomic E-state index is 12.7. The fourth-order valence-electron chi connectivity index (χ4n) is 3.76. The van der Waals surface area contributed by atoms with Crippen molar-refractivity contribution in [3.8, 4) is 5.75 Å². The van der Waals surface area contributed by atoms with Crippen LogP contribution >= 0.6 is 0 Å². The number of phenols is 1. The van der Waals surface area contributed by atoms with Crippen molar-refractivity contribution in [2.24, 2.45) is 0 Å². The lowest BCUT2D eigenvalue weighted by atomic mass is 9.92. The lowest BCUT2D eigenvalue weighted by Gasteiger charge is -2.19. The number of benzene rings is 4. The summed E-state index contributed by atoms with van der Waals surface area (Å²) < 4.78 is 4.97. The van der Waals surface area contributed by atoms with Crippen LogP contribution in [-0.2, 0) is 16.0 Å². The molecule has 5 nitrogen and oxygen atoms in total. The number of carbonyl (C=O) groups excluding carboxylic acids is 2. The Morgan fingerprint density at radius 2 is 1.53 bits per heavy atom. The van der Waals surface area contributed by atoms with Gasteiger partial charge >= 0.3 is 5.97 Å². The summed E-state index contributed by atoms with van der Waals surface area (Å²) in [5.41, 5.74) is 1.24. The predicted molar refractivity (Wildman–Crippen MR) is 117 cm³/mol. The van der Waals surface area contributed by atoms with Gasteiger partial charge in [-0.15, -0.1) is 0 Å². The molecule has 0 radical (unpaired) electrons. The normalized spacial score (nSPS) is 11.9. The monoisotopic (exact) mass is 399 g/mol. The SMILES string of the molecule is COC(=O)[C@H](Cc1c2ccccc2cc2ccccc12)NC(=O)c1cccc(O)c1. The summed E-state index contributed by atoms with van der Waals surface area (Å²) in [6.45, 7) is 0. The molecule has 0 saturated carbocycles. The molecule has 1 amide bonds. The Labute approximate surface area is 173 Å². The van der Waals surface area contributed by atoms with Crippen molar-refractivity contribution in [1.29, 1.82) is 0 Å². The highest BCUT2D eigenvalue weighted by atomic mass is 16.5. The molecule has 0 aliphatic rings. The molecular weight excluding hydrogens is 378 g/mol. The van der Waals surface area contributed by atoms with Crippen LogP contribution in [0, 0.1) is 0 Å². The van der Waals surface area contributed by atoms with Crippen LogP contribution in [0.3, 0.4) is 0 Å². The van der Waals surface area contributed by atoms with Crippen molar-refractivity contribution in [2.75, 3.05) is 7.11 Å². The van der Waals surface area contributed by atoms with Gasteiger partial charge in [-0.05, 0) is 51.4 Å². The van der Waals surface area contributed by atoms with Gasteiger partial charge in [0.2, 0.25) is 0 Å². The van der Waals surface area contributed by atoms with Crippen LogP contribution < -0.4 is 5.32 Å². The summed E-state index contributed by atoms with van der Waals surface area (Å²) in [7, 11) is 1.30. The van der Waals surface area contributed by atoms with E-state index in [4.69, 9.17) is 4.74 Å². The highest BCUT2D eigenvalue weighted by Crippen LogP contribution is 2.29. The second kappa shape index (κ2) is 8.25. The zero-order valence-electron chi connectivity index (χ0n) is 16.5. The Balaban J connectivity index is 1.75. The summed E-state index contributed by atoms with van der Waals surface area (Å²) in [4.78, 5) is 25.3. The Bertz CT molecular complexity index is 1190. The third-order valence-corrected chi connectivity index (χ3v) is 5.19. The highest BCUT2D eigenvalue weighted by Gasteiger charge is 2.24. The van der Waals surface area contributed by atoms with Crippen LogP contribution in [0.4, 0.5) is 0 Å². The van der Waals surface area contributed by atoms with Crippen LogP contribution in [0.2, 0.25) is 0 Å². The molecule has 0 bridgehead atoms. The van der Waals surface area contributed by atoms with Crippen molar-refractivity contribution in [2.45, 2.75) is 12.5 Å². The van der Waals surface area contributed by atoms with E-state index in [0.29, 0.717) is 0 Å². The predicted octanol–water partition coefficient (Wildman–Crippen LogP) is 4.21. The minimum atomic E-state index is -0.876. The average Bonchev–Trinajstić information content (AvgIpc) is 2.77. The van der Waals surface area contributed by atoms with Crippen molar-refractivity contribution >= 4 is 33.4 Å². The first-order valence-corrected chi connectivity index (χ1v) is 9.64. The summed E-state index contributed by atoms with van der Waals surface area (Å²) >= 11 is 0. The van der Waals surface area contributed by atoms with Gasteiger partial charge in [0.25, 0.3) is 5.91 Å². The molecule has 2 N–H and O–H groups in total. The first-order chi connectivity index (χ1) is 14.6. The zero-order valence-corrected chi connectivity index (χ0v) is 16.5. The van der Waals surface area contributed by atoms with Crippen LogP contribution in [-0.4, -0.2) is 30.1 Å². The molecule has 0 heterocycles. The third-order valence-electron chi connectivity index (χ3n) is 5.19. The van der Waals surface area contributed by atoms with Crippen LogP contribution in [0.25, 0.3) is 21.5 Å². The smallest absolute Gasteiger partial charge is 0.328 e. The molecule has 4 aromatic carbocycles. The minimum Gasteiger partial charge on any atom is -0.508 e. The van der Waals surface area contributed by atoms with E-state index in [1.807, 2.05) is 48.5 Å².